The number of halogens is 3. The molecule has 2 unspecified atom stereocenters. The first kappa shape index (κ1) is 18.9. The topological polar surface area (TPSA) is 48.5 Å². The van der Waals surface area contributed by atoms with Crippen LogP contribution in [-0.4, -0.2) is 47.5 Å². The fourth-order valence-corrected chi connectivity index (χ4v) is 5.81. The lowest BCUT2D eigenvalue weighted by atomic mass is 10.1. The van der Waals surface area contributed by atoms with Crippen molar-refractivity contribution in [1.82, 2.24) is 15.2 Å². The molecule has 0 spiro atoms. The van der Waals surface area contributed by atoms with E-state index in [-0.39, 0.29) is 11.5 Å². The van der Waals surface area contributed by atoms with Crippen molar-refractivity contribution in [3.63, 3.8) is 0 Å². The van der Waals surface area contributed by atoms with Gasteiger partial charge in [-0.25, -0.2) is 4.98 Å². The van der Waals surface area contributed by atoms with Crippen LogP contribution >= 0.6 is 11.3 Å². The molecule has 9 heteroatoms. The van der Waals surface area contributed by atoms with E-state index in [9.17, 15) is 18.0 Å². The number of carbonyl (C=O) groups is 1. The van der Waals surface area contributed by atoms with Gasteiger partial charge in [-0.1, -0.05) is 11.3 Å². The van der Waals surface area contributed by atoms with Crippen molar-refractivity contribution < 1.29 is 18.0 Å². The second kappa shape index (κ2) is 6.98. The highest BCUT2D eigenvalue weighted by atomic mass is 32.1. The molecule has 1 N–H and O–H groups in total. The first-order valence-corrected chi connectivity index (χ1v) is 10.7. The molecule has 3 aliphatic rings. The van der Waals surface area contributed by atoms with E-state index in [1.54, 1.807) is 16.2 Å². The number of nitrogens with zero attached hydrogens (tertiary/aromatic N) is 3. The van der Waals surface area contributed by atoms with Crippen molar-refractivity contribution in [3.05, 3.63) is 46.0 Å². The summed E-state index contributed by atoms with van der Waals surface area (Å²) in [7, 11) is 0. The van der Waals surface area contributed by atoms with Crippen molar-refractivity contribution in [1.29, 1.82) is 0 Å². The molecule has 2 aromatic rings. The molecule has 154 valence electrons. The Balaban J connectivity index is 1.32. The second-order valence-electron chi connectivity index (χ2n) is 7.87. The Morgan fingerprint density at radius 3 is 2.48 bits per heavy atom. The van der Waals surface area contributed by atoms with E-state index >= 15 is 0 Å². The summed E-state index contributed by atoms with van der Waals surface area (Å²) in [5.74, 6) is -0.235. The van der Waals surface area contributed by atoms with E-state index in [0.717, 1.165) is 40.9 Å². The zero-order valence-corrected chi connectivity index (χ0v) is 16.5. The summed E-state index contributed by atoms with van der Waals surface area (Å²) in [6.45, 7) is 2.97. The Morgan fingerprint density at radius 1 is 1.14 bits per heavy atom. The molecule has 2 atom stereocenters. The monoisotopic (exact) mass is 422 g/mol. The SMILES string of the molecule is O=C(c1ccc(C(F)(F)F)cc1)N1CCc2nc(N3C4CCC3CNC4)sc2C1. The molecule has 0 saturated carbocycles. The lowest BCUT2D eigenvalue weighted by Crippen LogP contribution is -2.51. The average Bonchev–Trinajstić information content (AvgIpc) is 3.23. The maximum absolute atomic E-state index is 12.8. The van der Waals surface area contributed by atoms with Crippen LogP contribution in [0.3, 0.4) is 0 Å². The first-order chi connectivity index (χ1) is 13.9. The third-order valence-electron chi connectivity index (χ3n) is 6.07. The molecule has 2 fully saturated rings. The molecule has 29 heavy (non-hydrogen) atoms. The predicted molar refractivity (Wildman–Crippen MR) is 104 cm³/mol. The zero-order chi connectivity index (χ0) is 20.2. The standard InChI is InChI=1S/C20H21F3N4OS/c21-20(22,23)13-3-1-12(2-4-13)18(28)26-8-7-16-17(11-26)29-19(25-16)27-14-5-6-15(27)10-24-9-14/h1-4,14-15,24H,5-11H2. The Morgan fingerprint density at radius 2 is 1.83 bits per heavy atom. The van der Waals surface area contributed by atoms with Crippen molar-refractivity contribution >= 4 is 22.4 Å². The Labute approximate surface area is 170 Å². The molecule has 5 nitrogen and oxygen atoms in total. The fourth-order valence-electron chi connectivity index (χ4n) is 4.54. The molecule has 2 bridgehead atoms. The smallest absolute Gasteiger partial charge is 0.340 e. The number of aromatic nitrogens is 1. The van der Waals surface area contributed by atoms with Crippen LogP contribution in [0, 0.1) is 0 Å². The summed E-state index contributed by atoms with van der Waals surface area (Å²) < 4.78 is 38.2. The van der Waals surface area contributed by atoms with Gasteiger partial charge in [-0.3, -0.25) is 4.79 Å². The summed E-state index contributed by atoms with van der Waals surface area (Å²) in [5, 5.41) is 4.52. The molecule has 1 aromatic heterocycles. The van der Waals surface area contributed by atoms with E-state index < -0.39 is 11.7 Å². The molecular formula is C20H21F3N4OS. The van der Waals surface area contributed by atoms with E-state index in [1.807, 2.05) is 0 Å². The maximum Gasteiger partial charge on any atom is 0.416 e. The van der Waals surface area contributed by atoms with Crippen molar-refractivity contribution in [3.8, 4) is 0 Å². The zero-order valence-electron chi connectivity index (χ0n) is 15.7. The summed E-state index contributed by atoms with van der Waals surface area (Å²) in [6, 6.07) is 5.44. The number of alkyl halides is 3. The molecule has 0 aliphatic carbocycles. The lowest BCUT2D eigenvalue weighted by Gasteiger charge is -2.35. The number of benzene rings is 1. The Kier molecular flexibility index (Phi) is 4.54. The number of carbonyl (C=O) groups excluding carboxylic acids is 1. The third-order valence-corrected chi connectivity index (χ3v) is 7.16. The van der Waals surface area contributed by atoms with Gasteiger partial charge < -0.3 is 15.1 Å². The van der Waals surface area contributed by atoms with Gasteiger partial charge in [0.2, 0.25) is 0 Å². The molecule has 1 aromatic carbocycles. The Hall–Kier alpha value is -2.13. The van der Waals surface area contributed by atoms with Crippen LogP contribution in [0.4, 0.5) is 18.3 Å². The molecular weight excluding hydrogens is 401 g/mol. The Bertz CT molecular complexity index is 911. The van der Waals surface area contributed by atoms with E-state index in [1.165, 1.54) is 25.0 Å². The molecule has 4 heterocycles. The van der Waals surface area contributed by atoms with Crippen LogP contribution in [0.1, 0.15) is 39.3 Å². The number of hydrogen-bond acceptors (Lipinski definition) is 5. The lowest BCUT2D eigenvalue weighted by molar-refractivity contribution is -0.137. The second-order valence-corrected chi connectivity index (χ2v) is 8.93. The summed E-state index contributed by atoms with van der Waals surface area (Å²) in [4.78, 5) is 22.9. The normalized spacial score (nSPS) is 24.0. The van der Waals surface area contributed by atoms with E-state index in [0.29, 0.717) is 31.6 Å². The minimum atomic E-state index is -4.40. The minimum absolute atomic E-state index is 0.235. The molecule has 5 rings (SSSR count). The van der Waals surface area contributed by atoms with Gasteiger partial charge in [-0.05, 0) is 37.1 Å². The van der Waals surface area contributed by atoms with Gasteiger partial charge in [-0.15, -0.1) is 0 Å². The largest absolute Gasteiger partial charge is 0.416 e. The minimum Gasteiger partial charge on any atom is -0.340 e. The number of anilines is 1. The van der Waals surface area contributed by atoms with Gasteiger partial charge in [0.05, 0.1) is 17.8 Å². The number of rotatable bonds is 2. The van der Waals surface area contributed by atoms with Crippen molar-refractivity contribution in [2.45, 2.75) is 44.1 Å². The molecule has 2 saturated heterocycles. The highest BCUT2D eigenvalue weighted by Crippen LogP contribution is 2.38. The first-order valence-electron chi connectivity index (χ1n) is 9.84. The van der Waals surface area contributed by atoms with Crippen LogP contribution in [0.5, 0.6) is 0 Å². The van der Waals surface area contributed by atoms with Crippen molar-refractivity contribution in [2.24, 2.45) is 0 Å². The highest BCUT2D eigenvalue weighted by Gasteiger charge is 2.39. The number of thiazole rings is 1. The van der Waals surface area contributed by atoms with Crippen LogP contribution in [0.25, 0.3) is 0 Å². The van der Waals surface area contributed by atoms with Gasteiger partial charge in [0.25, 0.3) is 5.91 Å². The van der Waals surface area contributed by atoms with Gasteiger partial charge in [0.15, 0.2) is 5.13 Å². The quantitative estimate of drug-likeness (QED) is 0.807. The van der Waals surface area contributed by atoms with Gasteiger partial charge >= 0.3 is 6.18 Å². The van der Waals surface area contributed by atoms with Crippen LogP contribution in [0.15, 0.2) is 24.3 Å². The summed E-state index contributed by atoms with van der Waals surface area (Å²) >= 11 is 1.66. The average molecular weight is 422 g/mol. The number of hydrogen-bond donors (Lipinski definition) is 1. The summed E-state index contributed by atoms with van der Waals surface area (Å²) in [6.07, 6.45) is -1.36. The molecule has 1 amide bonds. The molecule has 3 aliphatic heterocycles. The van der Waals surface area contributed by atoms with E-state index in [4.69, 9.17) is 4.98 Å². The third kappa shape index (κ3) is 3.40. The predicted octanol–water partition coefficient (Wildman–Crippen LogP) is 3.30. The van der Waals surface area contributed by atoms with Gasteiger partial charge in [0, 0.05) is 48.6 Å². The van der Waals surface area contributed by atoms with Crippen LogP contribution in [0.2, 0.25) is 0 Å². The number of amides is 1. The van der Waals surface area contributed by atoms with Gasteiger partial charge in [0.1, 0.15) is 0 Å². The number of piperazine rings is 1. The van der Waals surface area contributed by atoms with Crippen LogP contribution in [-0.2, 0) is 19.1 Å². The number of fused-ring (bicyclic) bond motifs is 3. The summed E-state index contributed by atoms with van der Waals surface area (Å²) in [5.41, 5.74) is 0.596. The number of nitrogens with one attached hydrogen (secondary N) is 1. The van der Waals surface area contributed by atoms with Crippen molar-refractivity contribution in [2.75, 3.05) is 24.5 Å². The highest BCUT2D eigenvalue weighted by molar-refractivity contribution is 7.15. The maximum atomic E-state index is 12.8. The fraction of sp³-hybridized carbons (Fsp3) is 0.500. The van der Waals surface area contributed by atoms with Gasteiger partial charge in [-0.2, -0.15) is 13.2 Å². The van der Waals surface area contributed by atoms with E-state index in [2.05, 4.69) is 10.2 Å². The van der Waals surface area contributed by atoms with Crippen LogP contribution < -0.4 is 10.2 Å². The molecule has 0 radical (unpaired) electrons.